The highest BCUT2D eigenvalue weighted by molar-refractivity contribution is 5.76. The largest absolute Gasteiger partial charge is 0.466 e. The maximum atomic E-state index is 12.6. The molecule has 0 radical (unpaired) electrons. The molecule has 2 fully saturated rings. The third-order valence-corrected chi connectivity index (χ3v) is 5.41. The molecule has 0 spiro atoms. The summed E-state index contributed by atoms with van der Waals surface area (Å²) < 4.78 is 11.2. The Kier molecular flexibility index (Phi) is 4.36. The molecule has 3 heterocycles. The normalized spacial score (nSPS) is 26.0. The minimum absolute atomic E-state index is 0.158. The van der Waals surface area contributed by atoms with Gasteiger partial charge in [-0.3, -0.25) is 4.79 Å². The molecule has 6 heteroatoms. The molecule has 3 atom stereocenters. The van der Waals surface area contributed by atoms with E-state index in [9.17, 15) is 4.79 Å². The Hall–Kier alpha value is -2.11. The molecule has 1 amide bonds. The lowest BCUT2D eigenvalue weighted by Crippen LogP contribution is -2.39. The van der Waals surface area contributed by atoms with Crippen LogP contribution in [0, 0.1) is 12.8 Å². The number of likely N-dealkylation sites (tertiary alicyclic amines) is 1. The second kappa shape index (κ2) is 6.65. The Morgan fingerprint density at radius 1 is 1.40 bits per heavy atom. The molecule has 1 saturated carbocycles. The molecule has 1 aliphatic carbocycles. The second-order valence-corrected chi connectivity index (χ2v) is 7.48. The molecule has 134 valence electrons. The fourth-order valence-electron chi connectivity index (χ4n) is 3.72. The van der Waals surface area contributed by atoms with Gasteiger partial charge in [-0.05, 0) is 44.2 Å². The van der Waals surface area contributed by atoms with Crippen LogP contribution in [0.15, 0.2) is 21.1 Å². The fraction of sp³-hybridized carbons (Fsp3) is 0.632. The molecular formula is C19H25N3O3. The predicted octanol–water partition coefficient (Wildman–Crippen LogP) is 3.43. The van der Waals surface area contributed by atoms with Crippen LogP contribution in [0.25, 0.3) is 0 Å². The van der Waals surface area contributed by atoms with E-state index in [1.165, 1.54) is 6.42 Å². The Bertz CT molecular complexity index is 751. The van der Waals surface area contributed by atoms with Gasteiger partial charge in [0.2, 0.25) is 11.8 Å². The van der Waals surface area contributed by atoms with Gasteiger partial charge in [0.25, 0.3) is 0 Å². The van der Waals surface area contributed by atoms with Crippen molar-refractivity contribution in [3.8, 4) is 0 Å². The van der Waals surface area contributed by atoms with Crippen LogP contribution < -0.4 is 0 Å². The first-order valence-corrected chi connectivity index (χ1v) is 9.26. The van der Waals surface area contributed by atoms with Crippen molar-refractivity contribution in [1.29, 1.82) is 0 Å². The monoisotopic (exact) mass is 343 g/mol. The van der Waals surface area contributed by atoms with Crippen LogP contribution in [0.1, 0.15) is 67.7 Å². The van der Waals surface area contributed by atoms with E-state index in [1.807, 2.05) is 17.9 Å². The van der Waals surface area contributed by atoms with Crippen molar-refractivity contribution < 1.29 is 13.7 Å². The summed E-state index contributed by atoms with van der Waals surface area (Å²) in [7, 11) is 0. The Labute approximate surface area is 147 Å². The van der Waals surface area contributed by atoms with E-state index in [-0.39, 0.29) is 11.8 Å². The molecule has 2 aromatic heterocycles. The van der Waals surface area contributed by atoms with E-state index in [1.54, 1.807) is 0 Å². The van der Waals surface area contributed by atoms with E-state index < -0.39 is 0 Å². The van der Waals surface area contributed by atoms with Gasteiger partial charge in [-0.2, -0.15) is 4.98 Å². The van der Waals surface area contributed by atoms with Crippen LogP contribution in [0.5, 0.6) is 0 Å². The molecule has 2 aromatic rings. The van der Waals surface area contributed by atoms with E-state index in [0.717, 1.165) is 36.8 Å². The van der Waals surface area contributed by atoms with Crippen molar-refractivity contribution in [2.45, 2.75) is 57.8 Å². The molecule has 0 aromatic carbocycles. The number of carbonyl (C=O) groups excluding carboxylic acids is 1. The van der Waals surface area contributed by atoms with E-state index in [0.29, 0.717) is 37.0 Å². The number of nitrogens with zero attached hydrogens (tertiary/aromatic N) is 3. The van der Waals surface area contributed by atoms with Crippen LogP contribution in [-0.2, 0) is 11.2 Å². The second-order valence-electron chi connectivity index (χ2n) is 7.48. The molecule has 1 aliphatic heterocycles. The third-order valence-electron chi connectivity index (χ3n) is 5.41. The number of aryl methyl sites for hydroxylation is 2. The maximum absolute atomic E-state index is 12.6. The highest BCUT2D eigenvalue weighted by atomic mass is 16.5. The zero-order chi connectivity index (χ0) is 17.4. The molecular weight excluding hydrogens is 318 g/mol. The van der Waals surface area contributed by atoms with Crippen molar-refractivity contribution in [2.24, 2.45) is 5.92 Å². The lowest BCUT2D eigenvalue weighted by Gasteiger charge is -2.31. The van der Waals surface area contributed by atoms with Gasteiger partial charge in [0.1, 0.15) is 11.5 Å². The zero-order valence-electron chi connectivity index (χ0n) is 14.9. The highest BCUT2D eigenvalue weighted by Crippen LogP contribution is 2.47. The number of rotatable bonds is 5. The van der Waals surface area contributed by atoms with E-state index >= 15 is 0 Å². The molecule has 2 aliphatic rings. The Morgan fingerprint density at radius 3 is 2.96 bits per heavy atom. The molecule has 0 unspecified atom stereocenters. The van der Waals surface area contributed by atoms with Gasteiger partial charge in [0.15, 0.2) is 5.82 Å². The summed E-state index contributed by atoms with van der Waals surface area (Å²) in [6.45, 7) is 5.54. The van der Waals surface area contributed by atoms with Crippen LogP contribution in [0.4, 0.5) is 0 Å². The SMILES string of the molecule is Cc1noc([C@@H]2CCCN(C(=O)CCc3ccc([C@H]4C[C@@H]4C)o3)C2)n1. The van der Waals surface area contributed by atoms with Crippen molar-refractivity contribution in [3.05, 3.63) is 35.4 Å². The fourth-order valence-corrected chi connectivity index (χ4v) is 3.72. The summed E-state index contributed by atoms with van der Waals surface area (Å²) >= 11 is 0. The van der Waals surface area contributed by atoms with Gasteiger partial charge < -0.3 is 13.8 Å². The molecule has 25 heavy (non-hydrogen) atoms. The quantitative estimate of drug-likeness (QED) is 0.831. The van der Waals surface area contributed by atoms with Gasteiger partial charge in [0.05, 0.1) is 5.92 Å². The summed E-state index contributed by atoms with van der Waals surface area (Å²) in [6.07, 6.45) is 4.34. The van der Waals surface area contributed by atoms with Crippen LogP contribution in [0.2, 0.25) is 0 Å². The number of aromatic nitrogens is 2. The van der Waals surface area contributed by atoms with Crippen molar-refractivity contribution in [1.82, 2.24) is 15.0 Å². The topological polar surface area (TPSA) is 72.4 Å². The standard InChI is InChI=1S/C19H25N3O3/c1-12-10-16(12)17-7-5-15(24-17)6-8-18(23)22-9-3-4-14(11-22)19-20-13(2)21-25-19/h5,7,12,14,16H,3-4,6,8-11H2,1-2H3/t12-,14+,16-/m0/s1. The van der Waals surface area contributed by atoms with Crippen LogP contribution >= 0.6 is 0 Å². The first-order chi connectivity index (χ1) is 12.1. The summed E-state index contributed by atoms with van der Waals surface area (Å²) in [6, 6.07) is 4.09. The molecule has 0 bridgehead atoms. The van der Waals surface area contributed by atoms with E-state index in [4.69, 9.17) is 8.94 Å². The third kappa shape index (κ3) is 3.62. The summed E-state index contributed by atoms with van der Waals surface area (Å²) in [5.41, 5.74) is 0. The van der Waals surface area contributed by atoms with Crippen molar-refractivity contribution in [2.75, 3.05) is 13.1 Å². The number of hydrogen-bond donors (Lipinski definition) is 0. The van der Waals surface area contributed by atoms with Gasteiger partial charge >= 0.3 is 0 Å². The lowest BCUT2D eigenvalue weighted by molar-refractivity contribution is -0.132. The first-order valence-electron chi connectivity index (χ1n) is 9.26. The minimum Gasteiger partial charge on any atom is -0.466 e. The number of amides is 1. The molecule has 1 saturated heterocycles. The van der Waals surface area contributed by atoms with Gasteiger partial charge in [-0.25, -0.2) is 0 Å². The minimum atomic E-state index is 0.158. The van der Waals surface area contributed by atoms with Crippen molar-refractivity contribution in [3.63, 3.8) is 0 Å². The Morgan fingerprint density at radius 2 is 2.24 bits per heavy atom. The summed E-state index contributed by atoms with van der Waals surface area (Å²) in [4.78, 5) is 18.8. The molecule has 0 N–H and O–H groups in total. The van der Waals surface area contributed by atoms with Crippen molar-refractivity contribution >= 4 is 5.91 Å². The van der Waals surface area contributed by atoms with Gasteiger partial charge in [-0.15, -0.1) is 0 Å². The lowest BCUT2D eigenvalue weighted by atomic mass is 9.97. The van der Waals surface area contributed by atoms with Gasteiger partial charge in [-0.1, -0.05) is 12.1 Å². The van der Waals surface area contributed by atoms with Crippen LogP contribution in [0.3, 0.4) is 0 Å². The average molecular weight is 343 g/mol. The van der Waals surface area contributed by atoms with Crippen LogP contribution in [-0.4, -0.2) is 34.0 Å². The molecule has 4 rings (SSSR count). The number of furan rings is 1. The summed E-state index contributed by atoms with van der Waals surface area (Å²) in [5.74, 6) is 4.97. The maximum Gasteiger partial charge on any atom is 0.231 e. The first kappa shape index (κ1) is 16.4. The zero-order valence-corrected chi connectivity index (χ0v) is 14.9. The predicted molar refractivity (Wildman–Crippen MR) is 91.1 cm³/mol. The Balaban J connectivity index is 1.30. The smallest absolute Gasteiger partial charge is 0.231 e. The average Bonchev–Trinajstić information content (AvgIpc) is 3.02. The van der Waals surface area contributed by atoms with E-state index in [2.05, 4.69) is 23.1 Å². The molecule has 6 nitrogen and oxygen atoms in total. The van der Waals surface area contributed by atoms with Gasteiger partial charge in [0, 0.05) is 31.8 Å². The number of piperidine rings is 1. The highest BCUT2D eigenvalue weighted by Gasteiger charge is 2.36. The number of carbonyl (C=O) groups is 1. The summed E-state index contributed by atoms with van der Waals surface area (Å²) in [5, 5.41) is 3.86. The number of hydrogen-bond acceptors (Lipinski definition) is 5.